The smallest absolute Gasteiger partial charge is 0.325 e. The Bertz CT molecular complexity index is 523. The summed E-state index contributed by atoms with van der Waals surface area (Å²) in [5, 5.41) is 17.7. The number of carbonyl (C=O) groups is 1. The molecule has 3 N–H and O–H groups in total. The molecule has 106 valence electrons. The van der Waals surface area contributed by atoms with E-state index < -0.39 is 11.5 Å². The molecule has 6 nitrogen and oxygen atoms in total. The summed E-state index contributed by atoms with van der Waals surface area (Å²) in [6.07, 6.45) is 0.458. The van der Waals surface area contributed by atoms with Crippen LogP contribution in [0, 0.1) is 11.3 Å². The van der Waals surface area contributed by atoms with Crippen LogP contribution in [0.2, 0.25) is 0 Å². The van der Waals surface area contributed by atoms with Crippen LogP contribution in [0.5, 0.6) is 5.75 Å². The van der Waals surface area contributed by atoms with Crippen molar-refractivity contribution in [1.29, 1.82) is 5.26 Å². The molecule has 1 atom stereocenters. The van der Waals surface area contributed by atoms with Crippen LogP contribution < -0.4 is 10.5 Å². The van der Waals surface area contributed by atoms with Crippen LogP contribution in [0.4, 0.5) is 0 Å². The molecule has 1 saturated heterocycles. The molecule has 1 aromatic carbocycles. The Hall–Kier alpha value is -2.10. The lowest BCUT2D eigenvalue weighted by atomic mass is 10.0. The van der Waals surface area contributed by atoms with E-state index in [9.17, 15) is 4.79 Å². The third-order valence-corrected chi connectivity index (χ3v) is 3.47. The predicted octanol–water partition coefficient (Wildman–Crippen LogP) is 0.425. The van der Waals surface area contributed by atoms with Gasteiger partial charge in [-0.05, 0) is 30.7 Å². The highest BCUT2D eigenvalue weighted by Crippen LogP contribution is 2.19. The minimum Gasteiger partial charge on any atom is -0.492 e. The van der Waals surface area contributed by atoms with Crippen LogP contribution in [0.1, 0.15) is 12.0 Å². The zero-order valence-corrected chi connectivity index (χ0v) is 11.1. The Morgan fingerprint density at radius 1 is 1.50 bits per heavy atom. The summed E-state index contributed by atoms with van der Waals surface area (Å²) in [7, 11) is 0. The van der Waals surface area contributed by atoms with Crippen LogP contribution in [0.3, 0.4) is 0 Å². The Balaban J connectivity index is 1.77. The molecule has 6 heteroatoms. The van der Waals surface area contributed by atoms with E-state index in [1.807, 2.05) is 11.0 Å². The van der Waals surface area contributed by atoms with Gasteiger partial charge >= 0.3 is 5.97 Å². The summed E-state index contributed by atoms with van der Waals surface area (Å²) < 4.78 is 5.56. The Labute approximate surface area is 117 Å². The fraction of sp³-hybridized carbons (Fsp3) is 0.429. The minimum atomic E-state index is -1.13. The maximum absolute atomic E-state index is 11.0. The molecular weight excluding hydrogens is 258 g/mol. The monoisotopic (exact) mass is 275 g/mol. The van der Waals surface area contributed by atoms with Crippen molar-refractivity contribution in [1.82, 2.24) is 4.90 Å². The number of nitrogens with zero attached hydrogens (tertiary/aromatic N) is 2. The average Bonchev–Trinajstić information content (AvgIpc) is 2.83. The molecule has 1 aliphatic rings. The number of benzene rings is 1. The zero-order valence-electron chi connectivity index (χ0n) is 11.1. The standard InChI is InChI=1S/C14H17N3O3/c15-9-11-1-3-12(4-2-11)20-8-7-17-6-5-14(16,10-17)13(18)19/h1-4H,5-8,10,16H2,(H,18,19). The van der Waals surface area contributed by atoms with Crippen molar-refractivity contribution >= 4 is 5.97 Å². The number of nitrogens with two attached hydrogens (primary N) is 1. The van der Waals surface area contributed by atoms with Gasteiger partial charge in [0.25, 0.3) is 0 Å². The number of aliphatic carboxylic acids is 1. The van der Waals surface area contributed by atoms with Crippen LogP contribution >= 0.6 is 0 Å². The van der Waals surface area contributed by atoms with Gasteiger partial charge < -0.3 is 15.6 Å². The fourth-order valence-corrected chi connectivity index (χ4v) is 2.20. The molecule has 1 aliphatic heterocycles. The molecular formula is C14H17N3O3. The maximum atomic E-state index is 11.0. The minimum absolute atomic E-state index is 0.346. The van der Waals surface area contributed by atoms with E-state index in [-0.39, 0.29) is 0 Å². The topological polar surface area (TPSA) is 99.6 Å². The van der Waals surface area contributed by atoms with E-state index in [2.05, 4.69) is 0 Å². The molecule has 1 unspecified atom stereocenters. The highest BCUT2D eigenvalue weighted by molar-refractivity contribution is 5.79. The van der Waals surface area contributed by atoms with Crippen molar-refractivity contribution in [3.05, 3.63) is 29.8 Å². The van der Waals surface area contributed by atoms with Crippen molar-refractivity contribution in [2.75, 3.05) is 26.2 Å². The van der Waals surface area contributed by atoms with Crippen molar-refractivity contribution in [3.63, 3.8) is 0 Å². The van der Waals surface area contributed by atoms with E-state index in [1.54, 1.807) is 24.3 Å². The third-order valence-electron chi connectivity index (χ3n) is 3.47. The predicted molar refractivity (Wildman–Crippen MR) is 72.3 cm³/mol. The van der Waals surface area contributed by atoms with Crippen LogP contribution in [0.25, 0.3) is 0 Å². The zero-order chi connectivity index (χ0) is 14.6. The first kappa shape index (κ1) is 14.3. The lowest BCUT2D eigenvalue weighted by Crippen LogP contribution is -2.50. The van der Waals surface area contributed by atoms with Gasteiger partial charge in [-0.3, -0.25) is 9.69 Å². The van der Waals surface area contributed by atoms with E-state index in [4.69, 9.17) is 20.8 Å². The molecule has 2 rings (SSSR count). The van der Waals surface area contributed by atoms with E-state index in [1.165, 1.54) is 0 Å². The van der Waals surface area contributed by atoms with E-state index in [0.717, 1.165) is 0 Å². The third kappa shape index (κ3) is 3.26. The Morgan fingerprint density at radius 3 is 2.75 bits per heavy atom. The highest BCUT2D eigenvalue weighted by Gasteiger charge is 2.40. The highest BCUT2D eigenvalue weighted by atomic mass is 16.5. The number of nitriles is 1. The van der Waals surface area contributed by atoms with Crippen LogP contribution in [0.15, 0.2) is 24.3 Å². The molecule has 20 heavy (non-hydrogen) atoms. The van der Waals surface area contributed by atoms with Gasteiger partial charge in [-0.1, -0.05) is 0 Å². The summed E-state index contributed by atoms with van der Waals surface area (Å²) in [6, 6.07) is 8.92. The molecule has 0 radical (unpaired) electrons. The van der Waals surface area contributed by atoms with Gasteiger partial charge in [0.05, 0.1) is 11.6 Å². The number of carboxylic acid groups (broad SMARTS) is 1. The molecule has 0 aromatic heterocycles. The van der Waals surface area contributed by atoms with Gasteiger partial charge in [0.1, 0.15) is 17.9 Å². The fourth-order valence-electron chi connectivity index (χ4n) is 2.20. The second-order valence-corrected chi connectivity index (χ2v) is 4.97. The number of hydrogen-bond donors (Lipinski definition) is 2. The Morgan fingerprint density at radius 2 is 2.20 bits per heavy atom. The summed E-state index contributed by atoms with van der Waals surface area (Å²) in [5.74, 6) is -0.256. The van der Waals surface area contributed by atoms with E-state index in [0.29, 0.717) is 44.0 Å². The second-order valence-electron chi connectivity index (χ2n) is 4.97. The first-order chi connectivity index (χ1) is 9.53. The van der Waals surface area contributed by atoms with Crippen LogP contribution in [-0.2, 0) is 4.79 Å². The number of ether oxygens (including phenoxy) is 1. The average molecular weight is 275 g/mol. The van der Waals surface area contributed by atoms with Gasteiger partial charge in [-0.15, -0.1) is 0 Å². The largest absolute Gasteiger partial charge is 0.492 e. The quantitative estimate of drug-likeness (QED) is 0.808. The first-order valence-electron chi connectivity index (χ1n) is 6.41. The number of rotatable bonds is 5. The van der Waals surface area contributed by atoms with Crippen molar-refractivity contribution in [2.45, 2.75) is 12.0 Å². The van der Waals surface area contributed by atoms with Gasteiger partial charge in [0.15, 0.2) is 0 Å². The normalized spacial score (nSPS) is 22.4. The SMILES string of the molecule is N#Cc1ccc(OCCN2CCC(N)(C(=O)O)C2)cc1. The van der Waals surface area contributed by atoms with Crippen molar-refractivity contribution < 1.29 is 14.6 Å². The molecule has 0 saturated carbocycles. The lowest BCUT2D eigenvalue weighted by Gasteiger charge is -2.20. The number of likely N-dealkylation sites (tertiary alicyclic amines) is 1. The summed E-state index contributed by atoms with van der Waals surface area (Å²) >= 11 is 0. The second kappa shape index (κ2) is 5.90. The Kier molecular flexibility index (Phi) is 4.23. The van der Waals surface area contributed by atoms with E-state index >= 15 is 0 Å². The molecule has 0 spiro atoms. The van der Waals surface area contributed by atoms with Crippen LogP contribution in [-0.4, -0.2) is 47.8 Å². The van der Waals surface area contributed by atoms with Crippen molar-refractivity contribution in [3.8, 4) is 11.8 Å². The molecule has 0 bridgehead atoms. The van der Waals surface area contributed by atoms with Gasteiger partial charge in [0.2, 0.25) is 0 Å². The summed E-state index contributed by atoms with van der Waals surface area (Å²) in [6.45, 7) is 2.10. The molecule has 1 fully saturated rings. The number of hydrogen-bond acceptors (Lipinski definition) is 5. The first-order valence-corrected chi connectivity index (χ1v) is 6.41. The molecule has 0 amide bonds. The maximum Gasteiger partial charge on any atom is 0.325 e. The number of carboxylic acids is 1. The van der Waals surface area contributed by atoms with Gasteiger partial charge in [-0.2, -0.15) is 5.26 Å². The molecule has 0 aliphatic carbocycles. The molecule has 1 aromatic rings. The van der Waals surface area contributed by atoms with Gasteiger partial charge in [-0.25, -0.2) is 0 Å². The molecule has 1 heterocycles. The van der Waals surface area contributed by atoms with Gasteiger partial charge in [0, 0.05) is 19.6 Å². The summed E-state index contributed by atoms with van der Waals surface area (Å²) in [4.78, 5) is 13.0. The van der Waals surface area contributed by atoms with Crippen molar-refractivity contribution in [2.24, 2.45) is 5.73 Å². The summed E-state index contributed by atoms with van der Waals surface area (Å²) in [5.41, 5.74) is 5.25. The lowest BCUT2D eigenvalue weighted by molar-refractivity contribution is -0.142.